The minimum absolute atomic E-state index is 0.0142. The van der Waals surface area contributed by atoms with Crippen LogP contribution in [-0.4, -0.2) is 40.2 Å². The molecule has 0 bridgehead atoms. The molecule has 1 saturated heterocycles. The zero-order chi connectivity index (χ0) is 14.7. The number of aryl methyl sites for hydroxylation is 1. The standard InChI is InChI=1S/C15H17N3O2S/c1-11-6-7-14(17-16-11)20-12-4-2-8-18(10-12)15(19)13-5-3-9-21-13/h3,5-7,9,12H,2,4,8,10H2,1H3. The van der Waals surface area contributed by atoms with Crippen LogP contribution in [0.1, 0.15) is 28.2 Å². The Morgan fingerprint density at radius 1 is 1.38 bits per heavy atom. The maximum Gasteiger partial charge on any atom is 0.264 e. The third-order valence-corrected chi connectivity index (χ3v) is 4.32. The van der Waals surface area contributed by atoms with Crippen LogP contribution < -0.4 is 4.74 Å². The Bertz CT molecular complexity index is 598. The van der Waals surface area contributed by atoms with E-state index in [0.717, 1.165) is 30.0 Å². The monoisotopic (exact) mass is 303 g/mol. The lowest BCUT2D eigenvalue weighted by molar-refractivity contribution is 0.0530. The largest absolute Gasteiger partial charge is 0.471 e. The summed E-state index contributed by atoms with van der Waals surface area (Å²) >= 11 is 1.48. The fraction of sp³-hybridized carbons (Fsp3) is 0.400. The highest BCUT2D eigenvalue weighted by Crippen LogP contribution is 2.19. The molecule has 1 unspecified atom stereocenters. The predicted molar refractivity (Wildman–Crippen MR) is 80.6 cm³/mol. The second-order valence-corrected chi connectivity index (χ2v) is 6.07. The Balaban J connectivity index is 1.63. The first-order valence-corrected chi connectivity index (χ1v) is 7.90. The smallest absolute Gasteiger partial charge is 0.264 e. The molecule has 6 heteroatoms. The number of aromatic nitrogens is 2. The minimum Gasteiger partial charge on any atom is -0.471 e. The molecule has 1 atom stereocenters. The van der Waals surface area contributed by atoms with Crippen LogP contribution in [0.5, 0.6) is 5.88 Å². The molecule has 21 heavy (non-hydrogen) atoms. The molecule has 1 amide bonds. The summed E-state index contributed by atoms with van der Waals surface area (Å²) in [5.74, 6) is 0.615. The number of piperidine rings is 1. The SMILES string of the molecule is Cc1ccc(OC2CCCN(C(=O)c3cccs3)C2)nn1. The molecule has 0 N–H and O–H groups in total. The van der Waals surface area contributed by atoms with E-state index in [2.05, 4.69) is 10.2 Å². The molecule has 0 radical (unpaired) electrons. The fourth-order valence-electron chi connectivity index (χ4n) is 2.40. The third kappa shape index (κ3) is 3.39. The van der Waals surface area contributed by atoms with Crippen molar-refractivity contribution in [3.63, 3.8) is 0 Å². The fourth-order valence-corrected chi connectivity index (χ4v) is 3.09. The normalized spacial score (nSPS) is 18.5. The second kappa shape index (κ2) is 6.22. The van der Waals surface area contributed by atoms with Gasteiger partial charge < -0.3 is 9.64 Å². The van der Waals surface area contributed by atoms with E-state index < -0.39 is 0 Å². The van der Waals surface area contributed by atoms with Gasteiger partial charge in [0.05, 0.1) is 17.1 Å². The number of hydrogen-bond acceptors (Lipinski definition) is 5. The van der Waals surface area contributed by atoms with E-state index in [1.54, 1.807) is 0 Å². The van der Waals surface area contributed by atoms with Gasteiger partial charge in [-0.2, -0.15) is 5.10 Å². The first-order valence-electron chi connectivity index (χ1n) is 7.02. The molecule has 2 aromatic heterocycles. The van der Waals surface area contributed by atoms with Gasteiger partial charge in [0.2, 0.25) is 5.88 Å². The van der Waals surface area contributed by atoms with Gasteiger partial charge in [0.1, 0.15) is 6.10 Å². The van der Waals surface area contributed by atoms with E-state index in [4.69, 9.17) is 4.74 Å². The number of nitrogens with zero attached hydrogens (tertiary/aromatic N) is 3. The average Bonchev–Trinajstić information content (AvgIpc) is 3.03. The van der Waals surface area contributed by atoms with E-state index in [-0.39, 0.29) is 12.0 Å². The Morgan fingerprint density at radius 2 is 2.29 bits per heavy atom. The van der Waals surface area contributed by atoms with E-state index in [1.165, 1.54) is 11.3 Å². The molecular weight excluding hydrogens is 286 g/mol. The van der Waals surface area contributed by atoms with Crippen molar-refractivity contribution in [2.24, 2.45) is 0 Å². The summed E-state index contributed by atoms with van der Waals surface area (Å²) in [6, 6.07) is 7.46. The number of carbonyl (C=O) groups is 1. The minimum atomic E-state index is -0.0142. The number of carbonyl (C=O) groups excluding carboxylic acids is 1. The Morgan fingerprint density at radius 3 is 3.00 bits per heavy atom. The maximum absolute atomic E-state index is 12.4. The molecule has 0 saturated carbocycles. The van der Waals surface area contributed by atoms with Gasteiger partial charge in [0, 0.05) is 12.6 Å². The van der Waals surface area contributed by atoms with Crippen molar-refractivity contribution in [1.82, 2.24) is 15.1 Å². The molecule has 0 spiro atoms. The van der Waals surface area contributed by atoms with Crippen LogP contribution in [-0.2, 0) is 0 Å². The van der Waals surface area contributed by atoms with Gasteiger partial charge in [-0.05, 0) is 37.3 Å². The molecule has 3 rings (SSSR count). The van der Waals surface area contributed by atoms with Gasteiger partial charge in [-0.15, -0.1) is 16.4 Å². The van der Waals surface area contributed by atoms with Gasteiger partial charge >= 0.3 is 0 Å². The Hall–Kier alpha value is -1.95. The van der Waals surface area contributed by atoms with Crippen molar-refractivity contribution in [2.45, 2.75) is 25.9 Å². The molecule has 3 heterocycles. The molecular formula is C15H17N3O2S. The topological polar surface area (TPSA) is 55.3 Å². The second-order valence-electron chi connectivity index (χ2n) is 5.12. The van der Waals surface area contributed by atoms with Crippen LogP contribution in [0.3, 0.4) is 0 Å². The number of thiophene rings is 1. The molecule has 2 aromatic rings. The molecule has 0 aromatic carbocycles. The molecule has 1 fully saturated rings. The van der Waals surface area contributed by atoms with Crippen LogP contribution >= 0.6 is 11.3 Å². The zero-order valence-electron chi connectivity index (χ0n) is 11.9. The number of rotatable bonds is 3. The van der Waals surface area contributed by atoms with Crippen LogP contribution in [0.4, 0.5) is 0 Å². The van der Waals surface area contributed by atoms with Gasteiger partial charge in [-0.25, -0.2) is 0 Å². The van der Waals surface area contributed by atoms with Crippen molar-refractivity contribution < 1.29 is 9.53 Å². The van der Waals surface area contributed by atoms with Crippen molar-refractivity contribution >= 4 is 17.2 Å². The summed E-state index contributed by atoms with van der Waals surface area (Å²) < 4.78 is 5.84. The van der Waals surface area contributed by atoms with Gasteiger partial charge in [-0.3, -0.25) is 4.79 Å². The maximum atomic E-state index is 12.4. The van der Waals surface area contributed by atoms with E-state index in [9.17, 15) is 4.79 Å². The van der Waals surface area contributed by atoms with Crippen LogP contribution in [0.15, 0.2) is 29.6 Å². The van der Waals surface area contributed by atoms with Crippen molar-refractivity contribution in [3.05, 3.63) is 40.2 Å². The van der Waals surface area contributed by atoms with Gasteiger partial charge in [0.15, 0.2) is 0 Å². The summed E-state index contributed by atoms with van der Waals surface area (Å²) in [6.07, 6.45) is 1.87. The van der Waals surface area contributed by atoms with Gasteiger partial charge in [0.25, 0.3) is 5.91 Å². The molecule has 5 nitrogen and oxygen atoms in total. The predicted octanol–water partition coefficient (Wildman–Crippen LogP) is 2.53. The van der Waals surface area contributed by atoms with E-state index >= 15 is 0 Å². The number of hydrogen-bond donors (Lipinski definition) is 0. The highest BCUT2D eigenvalue weighted by molar-refractivity contribution is 7.12. The van der Waals surface area contributed by atoms with Crippen molar-refractivity contribution in [2.75, 3.05) is 13.1 Å². The number of amides is 1. The Labute approximate surface area is 127 Å². The lowest BCUT2D eigenvalue weighted by Crippen LogP contribution is -2.44. The lowest BCUT2D eigenvalue weighted by atomic mass is 10.1. The number of likely N-dealkylation sites (tertiary alicyclic amines) is 1. The third-order valence-electron chi connectivity index (χ3n) is 3.46. The lowest BCUT2D eigenvalue weighted by Gasteiger charge is -2.32. The average molecular weight is 303 g/mol. The number of ether oxygens (including phenoxy) is 1. The zero-order valence-corrected chi connectivity index (χ0v) is 12.7. The molecule has 1 aliphatic heterocycles. The molecule has 0 aliphatic carbocycles. The van der Waals surface area contributed by atoms with E-state index in [0.29, 0.717) is 12.4 Å². The first-order chi connectivity index (χ1) is 10.2. The van der Waals surface area contributed by atoms with Crippen LogP contribution in [0.2, 0.25) is 0 Å². The highest BCUT2D eigenvalue weighted by Gasteiger charge is 2.26. The summed E-state index contributed by atoms with van der Waals surface area (Å²) in [6.45, 7) is 3.28. The first kappa shape index (κ1) is 14.0. The van der Waals surface area contributed by atoms with E-state index in [1.807, 2.05) is 41.5 Å². The Kier molecular flexibility index (Phi) is 4.15. The molecule has 1 aliphatic rings. The van der Waals surface area contributed by atoms with Crippen molar-refractivity contribution in [3.8, 4) is 5.88 Å². The summed E-state index contributed by atoms with van der Waals surface area (Å²) in [4.78, 5) is 15.0. The highest BCUT2D eigenvalue weighted by atomic mass is 32.1. The summed E-state index contributed by atoms with van der Waals surface area (Å²) in [7, 11) is 0. The van der Waals surface area contributed by atoms with Crippen LogP contribution in [0, 0.1) is 6.92 Å². The molecule has 110 valence electrons. The summed E-state index contributed by atoms with van der Waals surface area (Å²) in [5, 5.41) is 9.93. The van der Waals surface area contributed by atoms with Crippen molar-refractivity contribution in [1.29, 1.82) is 0 Å². The van der Waals surface area contributed by atoms with Crippen LogP contribution in [0.25, 0.3) is 0 Å². The quantitative estimate of drug-likeness (QED) is 0.874. The summed E-state index contributed by atoms with van der Waals surface area (Å²) in [5.41, 5.74) is 0.862. The van der Waals surface area contributed by atoms with Gasteiger partial charge in [-0.1, -0.05) is 6.07 Å².